The van der Waals surface area contributed by atoms with Crippen LogP contribution in [0.4, 0.5) is 10.3 Å². The molecule has 1 amide bonds. The van der Waals surface area contributed by atoms with Crippen molar-refractivity contribution in [3.8, 4) is 5.75 Å². The molecule has 22 heavy (non-hydrogen) atoms. The third kappa shape index (κ3) is 4.14. The van der Waals surface area contributed by atoms with Gasteiger partial charge in [0.05, 0.1) is 30.8 Å². The lowest BCUT2D eigenvalue weighted by molar-refractivity contribution is -0.122. The number of nitrogens with zero attached hydrogens (tertiary/aromatic N) is 3. The molecule has 0 aromatic carbocycles. The first kappa shape index (κ1) is 16.2. The van der Waals surface area contributed by atoms with Gasteiger partial charge in [-0.15, -0.1) is 0 Å². The van der Waals surface area contributed by atoms with E-state index in [9.17, 15) is 9.18 Å². The molecule has 2 heterocycles. The summed E-state index contributed by atoms with van der Waals surface area (Å²) in [5.41, 5.74) is 5.35. The summed E-state index contributed by atoms with van der Waals surface area (Å²) in [4.78, 5) is 21.9. The van der Waals surface area contributed by atoms with Gasteiger partial charge >= 0.3 is 0 Å². The maximum atomic E-state index is 12.4. The van der Waals surface area contributed by atoms with E-state index in [0.29, 0.717) is 30.1 Å². The molecule has 0 atom stereocenters. The van der Waals surface area contributed by atoms with Gasteiger partial charge in [-0.1, -0.05) is 0 Å². The van der Waals surface area contributed by atoms with Crippen molar-refractivity contribution in [1.82, 2.24) is 15.3 Å². The van der Waals surface area contributed by atoms with Gasteiger partial charge in [0.1, 0.15) is 6.61 Å². The fourth-order valence-electron chi connectivity index (χ4n) is 2.16. The van der Waals surface area contributed by atoms with Gasteiger partial charge in [-0.25, -0.2) is 14.4 Å². The number of anilines is 1. The molecule has 0 aliphatic carbocycles. The van der Waals surface area contributed by atoms with Crippen molar-refractivity contribution in [3.05, 3.63) is 24.3 Å². The Hall–Kier alpha value is -2.22. The lowest BCUT2D eigenvalue weighted by Crippen LogP contribution is -2.60. The molecule has 1 aromatic heterocycles. The Kier molecular flexibility index (Phi) is 4.92. The van der Waals surface area contributed by atoms with Crippen LogP contribution in [0.5, 0.6) is 5.75 Å². The van der Waals surface area contributed by atoms with E-state index in [1.54, 1.807) is 4.90 Å². The van der Waals surface area contributed by atoms with E-state index in [1.807, 2.05) is 13.8 Å². The molecule has 8 heteroatoms. The molecular formula is C14H20FN5O2. The van der Waals surface area contributed by atoms with Crippen molar-refractivity contribution in [2.24, 2.45) is 5.73 Å². The highest BCUT2D eigenvalue weighted by Crippen LogP contribution is 2.18. The summed E-state index contributed by atoms with van der Waals surface area (Å²) < 4.78 is 17.7. The van der Waals surface area contributed by atoms with Crippen LogP contribution in [-0.4, -0.2) is 47.7 Å². The standard InChI is InChI=1S/C14H20FN5O2/c1-14(2)9-20(7-12(21)19-14)13-17-5-11(6-18-13)22-8-10(3-15)4-16/h3,5-6H,4,7-9,16H2,1-2H3,(H,19,21)/b10-3+. The molecule has 120 valence electrons. The van der Waals surface area contributed by atoms with Crippen LogP contribution < -0.4 is 20.7 Å². The van der Waals surface area contributed by atoms with E-state index in [-0.39, 0.29) is 31.1 Å². The maximum absolute atomic E-state index is 12.4. The van der Waals surface area contributed by atoms with Gasteiger partial charge in [0.25, 0.3) is 0 Å². The van der Waals surface area contributed by atoms with Gasteiger partial charge in [-0.3, -0.25) is 4.79 Å². The third-order valence-corrected chi connectivity index (χ3v) is 3.14. The molecule has 0 radical (unpaired) electrons. The summed E-state index contributed by atoms with van der Waals surface area (Å²) in [6.45, 7) is 4.84. The van der Waals surface area contributed by atoms with Gasteiger partial charge in [-0.05, 0) is 13.8 Å². The Labute approximate surface area is 128 Å². The maximum Gasteiger partial charge on any atom is 0.240 e. The van der Waals surface area contributed by atoms with E-state index in [4.69, 9.17) is 10.5 Å². The fraction of sp³-hybridized carbons (Fsp3) is 0.500. The van der Waals surface area contributed by atoms with Crippen LogP contribution in [0.25, 0.3) is 0 Å². The van der Waals surface area contributed by atoms with Crippen molar-refractivity contribution < 1.29 is 13.9 Å². The summed E-state index contributed by atoms with van der Waals surface area (Å²) >= 11 is 0. The average molecular weight is 309 g/mol. The van der Waals surface area contributed by atoms with E-state index >= 15 is 0 Å². The van der Waals surface area contributed by atoms with Crippen LogP contribution in [0.15, 0.2) is 24.3 Å². The number of nitrogens with two attached hydrogens (primary N) is 1. The van der Waals surface area contributed by atoms with Crippen LogP contribution in [0.2, 0.25) is 0 Å². The number of amides is 1. The summed E-state index contributed by atoms with van der Waals surface area (Å²) in [5, 5.41) is 2.90. The normalized spacial score (nSPS) is 18.1. The number of carbonyl (C=O) groups is 1. The SMILES string of the molecule is CC1(C)CN(c2ncc(OC/C(=C/F)CN)cn2)CC(=O)N1. The van der Waals surface area contributed by atoms with Crippen molar-refractivity contribution in [1.29, 1.82) is 0 Å². The van der Waals surface area contributed by atoms with Crippen LogP contribution >= 0.6 is 0 Å². The second kappa shape index (κ2) is 6.69. The van der Waals surface area contributed by atoms with E-state index in [2.05, 4.69) is 15.3 Å². The van der Waals surface area contributed by atoms with Gasteiger partial charge in [0.15, 0.2) is 5.75 Å². The zero-order valence-corrected chi connectivity index (χ0v) is 12.7. The summed E-state index contributed by atoms with van der Waals surface area (Å²) in [6.07, 6.45) is 3.42. The van der Waals surface area contributed by atoms with Crippen molar-refractivity contribution in [2.75, 3.05) is 31.1 Å². The lowest BCUT2D eigenvalue weighted by atomic mass is 10.0. The van der Waals surface area contributed by atoms with Crippen LogP contribution in [0, 0.1) is 0 Å². The van der Waals surface area contributed by atoms with Gasteiger partial charge in [-0.2, -0.15) is 0 Å². The van der Waals surface area contributed by atoms with Crippen LogP contribution in [-0.2, 0) is 4.79 Å². The van der Waals surface area contributed by atoms with Gasteiger partial charge < -0.3 is 20.7 Å². The predicted octanol–water partition coefficient (Wildman–Crippen LogP) is 0.382. The highest BCUT2D eigenvalue weighted by Gasteiger charge is 2.31. The molecule has 0 unspecified atom stereocenters. The summed E-state index contributed by atoms with van der Waals surface area (Å²) in [6, 6.07) is 0. The Morgan fingerprint density at radius 3 is 2.77 bits per heavy atom. The topological polar surface area (TPSA) is 93.4 Å². The Bertz CT molecular complexity index is 559. The van der Waals surface area contributed by atoms with Gasteiger partial charge in [0, 0.05) is 18.7 Å². The number of aromatic nitrogens is 2. The average Bonchev–Trinajstić information content (AvgIpc) is 2.47. The smallest absolute Gasteiger partial charge is 0.240 e. The Balaban J connectivity index is 2.01. The molecule has 2 rings (SSSR count). The molecule has 0 bridgehead atoms. The summed E-state index contributed by atoms with van der Waals surface area (Å²) in [7, 11) is 0. The number of rotatable bonds is 5. The van der Waals surface area contributed by atoms with E-state index < -0.39 is 0 Å². The third-order valence-electron chi connectivity index (χ3n) is 3.14. The van der Waals surface area contributed by atoms with Crippen molar-refractivity contribution in [3.63, 3.8) is 0 Å². The molecule has 3 N–H and O–H groups in total. The zero-order valence-electron chi connectivity index (χ0n) is 12.7. The monoisotopic (exact) mass is 309 g/mol. The first-order valence-corrected chi connectivity index (χ1v) is 6.92. The molecule has 1 aliphatic rings. The zero-order chi connectivity index (χ0) is 16.2. The molecular weight excluding hydrogens is 289 g/mol. The molecule has 0 spiro atoms. The number of hydrogen-bond donors (Lipinski definition) is 2. The molecule has 1 fully saturated rings. The summed E-state index contributed by atoms with van der Waals surface area (Å²) in [5.74, 6) is 0.800. The molecule has 0 saturated carbocycles. The Morgan fingerprint density at radius 2 is 2.23 bits per heavy atom. The second-order valence-electron chi connectivity index (χ2n) is 5.77. The first-order valence-electron chi connectivity index (χ1n) is 6.92. The van der Waals surface area contributed by atoms with Crippen LogP contribution in [0.3, 0.4) is 0 Å². The lowest BCUT2D eigenvalue weighted by Gasteiger charge is -2.38. The van der Waals surface area contributed by atoms with Gasteiger partial charge in [0.2, 0.25) is 11.9 Å². The Morgan fingerprint density at radius 1 is 1.55 bits per heavy atom. The van der Waals surface area contributed by atoms with Crippen molar-refractivity contribution in [2.45, 2.75) is 19.4 Å². The number of ether oxygens (including phenoxy) is 1. The largest absolute Gasteiger partial charge is 0.486 e. The number of nitrogens with one attached hydrogen (secondary N) is 1. The van der Waals surface area contributed by atoms with E-state index in [1.165, 1.54) is 12.4 Å². The minimum absolute atomic E-state index is 0.0505. The fourth-order valence-corrected chi connectivity index (χ4v) is 2.16. The molecule has 1 aliphatic heterocycles. The minimum Gasteiger partial charge on any atom is -0.486 e. The highest BCUT2D eigenvalue weighted by molar-refractivity contribution is 5.83. The highest BCUT2D eigenvalue weighted by atomic mass is 19.1. The number of halogens is 1. The first-order chi connectivity index (χ1) is 10.4. The predicted molar refractivity (Wildman–Crippen MR) is 80.2 cm³/mol. The van der Waals surface area contributed by atoms with Crippen LogP contribution in [0.1, 0.15) is 13.8 Å². The van der Waals surface area contributed by atoms with E-state index in [0.717, 1.165) is 0 Å². The molecule has 7 nitrogen and oxygen atoms in total. The molecule has 1 aromatic rings. The quantitative estimate of drug-likeness (QED) is 0.817. The second-order valence-corrected chi connectivity index (χ2v) is 5.77. The van der Waals surface area contributed by atoms with Crippen molar-refractivity contribution >= 4 is 11.9 Å². The number of hydrogen-bond acceptors (Lipinski definition) is 6. The molecule has 1 saturated heterocycles. The number of carbonyl (C=O) groups excluding carboxylic acids is 1. The number of piperazine rings is 1. The minimum atomic E-state index is -0.337.